The van der Waals surface area contributed by atoms with Gasteiger partial charge in [-0.15, -0.1) is 0 Å². The Labute approximate surface area is 148 Å². The molecule has 6 heteroatoms. The number of aryl methyl sites for hydroxylation is 1. The summed E-state index contributed by atoms with van der Waals surface area (Å²) in [6.07, 6.45) is 0.761. The highest BCUT2D eigenvalue weighted by Gasteiger charge is 2.21. The molecule has 1 aromatic carbocycles. The fourth-order valence-corrected chi connectivity index (χ4v) is 2.35. The quantitative estimate of drug-likeness (QED) is 0.840. The van der Waals surface area contributed by atoms with Gasteiger partial charge in [-0.3, -0.25) is 14.3 Å². The van der Waals surface area contributed by atoms with Gasteiger partial charge in [-0.1, -0.05) is 51.1 Å². The summed E-state index contributed by atoms with van der Waals surface area (Å²) in [6.45, 7) is 6.61. The van der Waals surface area contributed by atoms with Gasteiger partial charge >= 0.3 is 0 Å². The summed E-state index contributed by atoms with van der Waals surface area (Å²) >= 11 is 0. The third-order valence-electron chi connectivity index (χ3n) is 3.87. The van der Waals surface area contributed by atoms with Gasteiger partial charge in [0.25, 0.3) is 5.91 Å². The van der Waals surface area contributed by atoms with Gasteiger partial charge in [-0.05, 0) is 18.1 Å². The fraction of sp³-hybridized carbons (Fsp3) is 0.421. The minimum absolute atomic E-state index is 0.0519. The van der Waals surface area contributed by atoms with Crippen LogP contribution in [0.2, 0.25) is 0 Å². The van der Waals surface area contributed by atoms with Crippen molar-refractivity contribution in [2.75, 3.05) is 13.1 Å². The molecule has 134 valence electrons. The van der Waals surface area contributed by atoms with Crippen molar-refractivity contribution in [3.63, 3.8) is 0 Å². The van der Waals surface area contributed by atoms with Crippen LogP contribution in [0.25, 0.3) is 0 Å². The van der Waals surface area contributed by atoms with Gasteiger partial charge in [0.15, 0.2) is 0 Å². The van der Waals surface area contributed by atoms with Crippen LogP contribution in [-0.4, -0.2) is 34.7 Å². The van der Waals surface area contributed by atoms with E-state index < -0.39 is 0 Å². The first kappa shape index (κ1) is 18.7. The average Bonchev–Trinajstić information content (AvgIpc) is 2.96. The van der Waals surface area contributed by atoms with Gasteiger partial charge in [0.05, 0.1) is 12.2 Å². The summed E-state index contributed by atoms with van der Waals surface area (Å²) in [4.78, 5) is 24.1. The number of aromatic nitrogens is 2. The van der Waals surface area contributed by atoms with Crippen molar-refractivity contribution in [3.05, 3.63) is 53.3 Å². The van der Waals surface area contributed by atoms with E-state index in [4.69, 9.17) is 0 Å². The minimum atomic E-state index is -0.302. The number of hydrogen-bond acceptors (Lipinski definition) is 3. The molecule has 6 nitrogen and oxygen atoms in total. The monoisotopic (exact) mass is 342 g/mol. The van der Waals surface area contributed by atoms with Crippen LogP contribution in [0.5, 0.6) is 0 Å². The van der Waals surface area contributed by atoms with E-state index in [1.54, 1.807) is 17.8 Å². The molecule has 0 unspecified atom stereocenters. The van der Waals surface area contributed by atoms with Crippen LogP contribution in [-0.2, 0) is 23.7 Å². The molecule has 2 rings (SSSR count). The largest absolute Gasteiger partial charge is 0.354 e. The van der Waals surface area contributed by atoms with Gasteiger partial charge in [0.2, 0.25) is 5.91 Å². The number of carbonyl (C=O) groups is 2. The second-order valence-corrected chi connectivity index (χ2v) is 7.06. The zero-order valence-electron chi connectivity index (χ0n) is 15.3. The summed E-state index contributed by atoms with van der Waals surface area (Å²) in [5.74, 6) is -0.508. The SMILES string of the molecule is Cn1nc(C(C)(C)C)cc1C(=O)NCC(=O)NCCc1ccccc1. The molecule has 2 aromatic rings. The molecular formula is C19H26N4O2. The van der Waals surface area contributed by atoms with Crippen LogP contribution in [0.15, 0.2) is 36.4 Å². The number of rotatable bonds is 6. The van der Waals surface area contributed by atoms with E-state index in [-0.39, 0.29) is 23.8 Å². The molecule has 2 N–H and O–H groups in total. The Hall–Kier alpha value is -2.63. The van der Waals surface area contributed by atoms with Crippen molar-refractivity contribution in [1.82, 2.24) is 20.4 Å². The lowest BCUT2D eigenvalue weighted by Gasteiger charge is -2.13. The van der Waals surface area contributed by atoms with E-state index in [2.05, 4.69) is 15.7 Å². The molecule has 0 bridgehead atoms. The molecule has 0 atom stereocenters. The van der Waals surface area contributed by atoms with Gasteiger partial charge in [0.1, 0.15) is 5.69 Å². The molecule has 1 aromatic heterocycles. The molecule has 1 heterocycles. The van der Waals surface area contributed by atoms with Crippen molar-refractivity contribution in [1.29, 1.82) is 0 Å². The Morgan fingerprint density at radius 1 is 1.12 bits per heavy atom. The van der Waals surface area contributed by atoms with Gasteiger partial charge in [-0.25, -0.2) is 0 Å². The van der Waals surface area contributed by atoms with E-state index in [0.29, 0.717) is 12.2 Å². The second kappa shape index (κ2) is 7.96. The molecule has 0 radical (unpaired) electrons. The van der Waals surface area contributed by atoms with Crippen LogP contribution >= 0.6 is 0 Å². The van der Waals surface area contributed by atoms with E-state index in [1.807, 2.05) is 51.1 Å². The predicted octanol–water partition coefficient (Wildman–Crippen LogP) is 1.81. The van der Waals surface area contributed by atoms with Crippen molar-refractivity contribution in [3.8, 4) is 0 Å². The molecule has 0 saturated carbocycles. The summed E-state index contributed by atoms with van der Waals surface area (Å²) < 4.78 is 1.54. The average molecular weight is 342 g/mol. The van der Waals surface area contributed by atoms with Crippen molar-refractivity contribution in [2.24, 2.45) is 7.05 Å². The standard InChI is InChI=1S/C19H26N4O2/c1-19(2,3)16-12-15(23(4)22-16)18(25)21-13-17(24)20-11-10-14-8-6-5-7-9-14/h5-9,12H,10-11,13H2,1-4H3,(H,20,24)(H,21,25). The first-order valence-electron chi connectivity index (χ1n) is 8.40. The summed E-state index contributed by atoms with van der Waals surface area (Å²) in [6, 6.07) is 11.7. The molecule has 0 aliphatic heterocycles. The Bertz CT molecular complexity index is 730. The first-order valence-corrected chi connectivity index (χ1v) is 8.40. The topological polar surface area (TPSA) is 76.0 Å². The fourth-order valence-electron chi connectivity index (χ4n) is 2.35. The molecule has 0 spiro atoms. The number of hydrogen-bond donors (Lipinski definition) is 2. The molecule has 0 aliphatic rings. The number of amides is 2. The summed E-state index contributed by atoms with van der Waals surface area (Å²) in [5, 5.41) is 9.82. The first-order chi connectivity index (χ1) is 11.8. The van der Waals surface area contributed by atoms with Crippen LogP contribution in [0.4, 0.5) is 0 Å². The van der Waals surface area contributed by atoms with Crippen LogP contribution in [0.1, 0.15) is 42.5 Å². The van der Waals surface area contributed by atoms with Gasteiger partial charge in [-0.2, -0.15) is 5.10 Å². The van der Waals surface area contributed by atoms with E-state index in [9.17, 15) is 9.59 Å². The highest BCUT2D eigenvalue weighted by atomic mass is 16.2. The predicted molar refractivity (Wildman–Crippen MR) is 97.4 cm³/mol. The maximum absolute atomic E-state index is 12.3. The lowest BCUT2D eigenvalue weighted by atomic mass is 9.92. The Morgan fingerprint density at radius 2 is 1.80 bits per heavy atom. The van der Waals surface area contributed by atoms with E-state index in [1.165, 1.54) is 0 Å². The second-order valence-electron chi connectivity index (χ2n) is 7.06. The van der Waals surface area contributed by atoms with Crippen LogP contribution in [0.3, 0.4) is 0 Å². The molecule has 25 heavy (non-hydrogen) atoms. The molecule has 2 amide bonds. The number of carbonyl (C=O) groups excluding carboxylic acids is 2. The molecule has 0 saturated heterocycles. The van der Waals surface area contributed by atoms with Crippen LogP contribution < -0.4 is 10.6 Å². The van der Waals surface area contributed by atoms with E-state index in [0.717, 1.165) is 17.7 Å². The minimum Gasteiger partial charge on any atom is -0.354 e. The molecule has 0 fully saturated rings. The maximum atomic E-state index is 12.3. The Balaban J connectivity index is 1.79. The van der Waals surface area contributed by atoms with Crippen molar-refractivity contribution in [2.45, 2.75) is 32.6 Å². The smallest absolute Gasteiger partial charge is 0.269 e. The third-order valence-corrected chi connectivity index (χ3v) is 3.87. The Kier molecular flexibility index (Phi) is 5.96. The number of nitrogens with zero attached hydrogens (tertiary/aromatic N) is 2. The molecule has 0 aliphatic carbocycles. The van der Waals surface area contributed by atoms with Gasteiger partial charge in [0, 0.05) is 19.0 Å². The zero-order chi connectivity index (χ0) is 18.4. The van der Waals surface area contributed by atoms with Crippen molar-refractivity contribution < 1.29 is 9.59 Å². The van der Waals surface area contributed by atoms with Gasteiger partial charge < -0.3 is 10.6 Å². The summed E-state index contributed by atoms with van der Waals surface area (Å²) in [7, 11) is 1.73. The Morgan fingerprint density at radius 3 is 2.40 bits per heavy atom. The zero-order valence-corrected chi connectivity index (χ0v) is 15.3. The number of nitrogens with one attached hydrogen (secondary N) is 2. The van der Waals surface area contributed by atoms with Crippen LogP contribution in [0, 0.1) is 0 Å². The lowest BCUT2D eigenvalue weighted by molar-refractivity contribution is -0.120. The number of benzene rings is 1. The highest BCUT2D eigenvalue weighted by molar-refractivity contribution is 5.95. The van der Waals surface area contributed by atoms with Crippen molar-refractivity contribution >= 4 is 11.8 Å². The molecular weight excluding hydrogens is 316 g/mol. The maximum Gasteiger partial charge on any atom is 0.269 e. The van der Waals surface area contributed by atoms with E-state index >= 15 is 0 Å². The summed E-state index contributed by atoms with van der Waals surface area (Å²) in [5.41, 5.74) is 2.32. The normalized spacial score (nSPS) is 11.2. The highest BCUT2D eigenvalue weighted by Crippen LogP contribution is 2.21. The third kappa shape index (κ3) is 5.45. The lowest BCUT2D eigenvalue weighted by Crippen LogP contribution is -2.38.